The van der Waals surface area contributed by atoms with Gasteiger partial charge in [0.2, 0.25) is 5.95 Å². The summed E-state index contributed by atoms with van der Waals surface area (Å²) in [4.78, 5) is 14.2. The van der Waals surface area contributed by atoms with E-state index in [1.54, 1.807) is 0 Å². The maximum atomic E-state index is 5.52. The van der Waals surface area contributed by atoms with Crippen LogP contribution in [0.1, 0.15) is 32.4 Å². The van der Waals surface area contributed by atoms with Crippen molar-refractivity contribution in [3.8, 4) is 0 Å². The number of rotatable bonds is 5. The topological polar surface area (TPSA) is 70.3 Å². The van der Waals surface area contributed by atoms with Crippen molar-refractivity contribution in [1.82, 2.24) is 20.0 Å². The van der Waals surface area contributed by atoms with Crippen LogP contribution in [0.4, 0.5) is 17.3 Å². The zero-order valence-corrected chi connectivity index (χ0v) is 18.3. The molecule has 1 N–H and O–H groups in total. The van der Waals surface area contributed by atoms with Crippen LogP contribution >= 0.6 is 0 Å². The highest BCUT2D eigenvalue weighted by molar-refractivity contribution is 6.04. The summed E-state index contributed by atoms with van der Waals surface area (Å²) in [5, 5.41) is 9.56. The van der Waals surface area contributed by atoms with Crippen LogP contribution in [0.3, 0.4) is 0 Å². The van der Waals surface area contributed by atoms with E-state index in [2.05, 4.69) is 70.3 Å². The van der Waals surface area contributed by atoms with Gasteiger partial charge in [0.05, 0.1) is 16.6 Å². The fourth-order valence-corrected chi connectivity index (χ4v) is 4.21. The van der Waals surface area contributed by atoms with Crippen molar-refractivity contribution in [2.75, 3.05) is 42.9 Å². The van der Waals surface area contributed by atoms with Crippen molar-refractivity contribution in [3.63, 3.8) is 0 Å². The molecule has 7 nitrogen and oxygen atoms in total. The fourth-order valence-electron chi connectivity index (χ4n) is 4.21. The van der Waals surface area contributed by atoms with Crippen LogP contribution in [0, 0.1) is 0 Å². The van der Waals surface area contributed by atoms with Crippen molar-refractivity contribution in [2.45, 2.75) is 26.7 Å². The zero-order valence-electron chi connectivity index (χ0n) is 18.3. The third kappa shape index (κ3) is 3.81. The summed E-state index contributed by atoms with van der Waals surface area (Å²) in [6, 6.07) is 12.4. The highest BCUT2D eigenvalue weighted by Gasteiger charge is 2.17. The maximum Gasteiger partial charge on any atom is 0.227 e. The highest BCUT2D eigenvalue weighted by atomic mass is 16.5. The van der Waals surface area contributed by atoms with Crippen LogP contribution in [0.2, 0.25) is 0 Å². The maximum absolute atomic E-state index is 5.52. The Hall–Kier alpha value is -3.19. The number of nitrogens with one attached hydrogen (secondary N) is 1. The molecule has 3 heterocycles. The number of anilines is 3. The molecule has 1 fully saturated rings. The first-order valence-electron chi connectivity index (χ1n) is 11.0. The number of fused-ring (bicyclic) bond motifs is 3. The fraction of sp³-hybridized carbons (Fsp3) is 0.375. The van der Waals surface area contributed by atoms with Crippen LogP contribution in [0.25, 0.3) is 21.9 Å². The van der Waals surface area contributed by atoms with Crippen molar-refractivity contribution in [3.05, 3.63) is 48.3 Å². The molecule has 0 amide bonds. The van der Waals surface area contributed by atoms with Crippen LogP contribution < -0.4 is 10.2 Å². The average molecular weight is 417 g/mol. The van der Waals surface area contributed by atoms with Gasteiger partial charge in [-0.1, -0.05) is 25.9 Å². The molecule has 2 aromatic heterocycles. The number of likely N-dealkylation sites (N-methyl/N-ethyl adjacent to an activating group) is 1. The minimum Gasteiger partial charge on any atom is -0.369 e. The molecule has 5 rings (SSSR count). The third-order valence-corrected chi connectivity index (χ3v) is 6.07. The number of aromatic nitrogens is 3. The van der Waals surface area contributed by atoms with Crippen molar-refractivity contribution in [1.29, 1.82) is 0 Å². The van der Waals surface area contributed by atoms with Crippen LogP contribution in [0.5, 0.6) is 0 Å². The van der Waals surface area contributed by atoms with Gasteiger partial charge in [0.15, 0.2) is 5.58 Å². The Kier molecular flexibility index (Phi) is 5.19. The van der Waals surface area contributed by atoms with E-state index < -0.39 is 0 Å². The molecule has 31 heavy (non-hydrogen) atoms. The molecule has 1 aliphatic heterocycles. The largest absolute Gasteiger partial charge is 0.369 e. The van der Waals surface area contributed by atoms with Gasteiger partial charge in [-0.15, -0.1) is 0 Å². The summed E-state index contributed by atoms with van der Waals surface area (Å²) < 4.78 is 5.52. The Labute approximate surface area is 182 Å². The summed E-state index contributed by atoms with van der Waals surface area (Å²) >= 11 is 0. The van der Waals surface area contributed by atoms with Crippen LogP contribution in [0.15, 0.2) is 47.1 Å². The lowest BCUT2D eigenvalue weighted by Crippen LogP contribution is -2.46. The SMILES string of the molecule is CCN1CCN(c2ccc(Nc3ncc4ccc5onc(C(C)C)c5c4n3)cc2)CC1. The molecule has 0 unspecified atom stereocenters. The number of piperazine rings is 1. The Morgan fingerprint density at radius 3 is 2.52 bits per heavy atom. The van der Waals surface area contributed by atoms with E-state index in [0.29, 0.717) is 5.95 Å². The van der Waals surface area contributed by atoms with E-state index in [9.17, 15) is 0 Å². The van der Waals surface area contributed by atoms with E-state index in [0.717, 1.165) is 66.0 Å². The van der Waals surface area contributed by atoms with Gasteiger partial charge in [-0.05, 0) is 48.9 Å². The van der Waals surface area contributed by atoms with Gasteiger partial charge in [-0.25, -0.2) is 9.97 Å². The zero-order chi connectivity index (χ0) is 21.4. The molecule has 0 atom stereocenters. The molecular weight excluding hydrogens is 388 g/mol. The Morgan fingerprint density at radius 1 is 1.03 bits per heavy atom. The smallest absolute Gasteiger partial charge is 0.227 e. The molecule has 0 bridgehead atoms. The Morgan fingerprint density at radius 2 is 1.81 bits per heavy atom. The molecule has 0 spiro atoms. The molecule has 4 aromatic rings. The second-order valence-electron chi connectivity index (χ2n) is 8.39. The minimum atomic E-state index is 0.255. The number of benzene rings is 2. The summed E-state index contributed by atoms with van der Waals surface area (Å²) in [7, 11) is 0. The predicted octanol–water partition coefficient (Wildman–Crippen LogP) is 4.78. The van der Waals surface area contributed by atoms with Crippen molar-refractivity contribution >= 4 is 39.2 Å². The number of nitrogens with zero attached hydrogens (tertiary/aromatic N) is 5. The average Bonchev–Trinajstić information content (AvgIpc) is 3.25. The quantitative estimate of drug-likeness (QED) is 0.502. The van der Waals surface area contributed by atoms with Crippen molar-refractivity contribution < 1.29 is 4.52 Å². The summed E-state index contributed by atoms with van der Waals surface area (Å²) in [6.45, 7) is 12.0. The van der Waals surface area contributed by atoms with E-state index in [1.165, 1.54) is 5.69 Å². The van der Waals surface area contributed by atoms with Gasteiger partial charge in [0.1, 0.15) is 0 Å². The molecule has 7 heteroatoms. The molecule has 2 aromatic carbocycles. The summed E-state index contributed by atoms with van der Waals surface area (Å²) in [6.07, 6.45) is 1.85. The first-order valence-corrected chi connectivity index (χ1v) is 11.0. The number of hydrogen-bond acceptors (Lipinski definition) is 7. The monoisotopic (exact) mass is 416 g/mol. The molecule has 1 aliphatic rings. The molecular formula is C24H28N6O. The molecule has 0 radical (unpaired) electrons. The van der Waals surface area contributed by atoms with E-state index in [4.69, 9.17) is 9.51 Å². The standard InChI is InChI=1S/C24H28N6O/c1-4-29-11-13-30(14-12-29)19-8-6-18(7-9-19)26-24-25-15-17-5-10-20-21(23(17)27-24)22(16(2)3)28-31-20/h5-10,15-16H,4,11-14H2,1-3H3,(H,25,26,27). The lowest BCUT2D eigenvalue weighted by Gasteiger charge is -2.35. The minimum absolute atomic E-state index is 0.255. The van der Waals surface area contributed by atoms with E-state index in [-0.39, 0.29) is 5.92 Å². The third-order valence-electron chi connectivity index (χ3n) is 6.07. The van der Waals surface area contributed by atoms with Crippen LogP contribution in [-0.2, 0) is 0 Å². The summed E-state index contributed by atoms with van der Waals surface area (Å²) in [5.74, 6) is 0.824. The Balaban J connectivity index is 1.39. The molecule has 0 saturated carbocycles. The molecule has 1 saturated heterocycles. The van der Waals surface area contributed by atoms with Gasteiger partial charge in [-0.2, -0.15) is 0 Å². The summed E-state index contributed by atoms with van der Waals surface area (Å²) in [5.41, 5.74) is 4.78. The first-order chi connectivity index (χ1) is 15.1. The van der Waals surface area contributed by atoms with Gasteiger partial charge in [0.25, 0.3) is 0 Å². The van der Waals surface area contributed by atoms with Crippen LogP contribution in [-0.4, -0.2) is 52.7 Å². The second-order valence-corrected chi connectivity index (χ2v) is 8.39. The predicted molar refractivity (Wildman–Crippen MR) is 125 cm³/mol. The second kappa shape index (κ2) is 8.15. The van der Waals surface area contributed by atoms with Crippen molar-refractivity contribution in [2.24, 2.45) is 0 Å². The molecule has 0 aliphatic carbocycles. The lowest BCUT2D eigenvalue weighted by molar-refractivity contribution is 0.271. The van der Waals surface area contributed by atoms with Gasteiger partial charge in [0, 0.05) is 49.1 Å². The number of hydrogen-bond donors (Lipinski definition) is 1. The van der Waals surface area contributed by atoms with Gasteiger partial charge in [-0.3, -0.25) is 0 Å². The normalized spacial score (nSPS) is 15.3. The Bertz CT molecular complexity index is 1190. The van der Waals surface area contributed by atoms with Gasteiger partial charge < -0.3 is 19.6 Å². The highest BCUT2D eigenvalue weighted by Crippen LogP contribution is 2.31. The lowest BCUT2D eigenvalue weighted by atomic mass is 10.0. The van der Waals surface area contributed by atoms with Gasteiger partial charge >= 0.3 is 0 Å². The first kappa shape index (κ1) is 19.8. The van der Waals surface area contributed by atoms with E-state index in [1.807, 2.05) is 18.3 Å². The molecule has 160 valence electrons. The van der Waals surface area contributed by atoms with E-state index >= 15 is 0 Å².